The molecule has 0 saturated heterocycles. The van der Waals surface area contributed by atoms with Gasteiger partial charge in [-0.1, -0.05) is 80.9 Å². The second-order valence-electron chi connectivity index (χ2n) is 8.85. The van der Waals surface area contributed by atoms with Crippen LogP contribution >= 0.6 is 0 Å². The standard InChI is InChI=1S/C29H34FN3O4S/c1-3-5-20-31-29(35)26(4-2)32(21-23-14-8-6-9-15-23)28(34)22-33(27-19-13-12-18-25(27)30)38(36,37)24-16-10-7-11-17-24/h6-19,26H,3-5,20-22H2,1-2H3,(H,31,35)/t26-/m1/s1. The van der Waals surface area contributed by atoms with Crippen LogP contribution < -0.4 is 9.62 Å². The molecule has 9 heteroatoms. The Morgan fingerprint density at radius 3 is 2.11 bits per heavy atom. The molecule has 0 fully saturated rings. The number of halogens is 1. The molecule has 0 spiro atoms. The van der Waals surface area contributed by atoms with E-state index in [0.717, 1.165) is 28.8 Å². The fraction of sp³-hybridized carbons (Fsp3) is 0.310. The number of benzene rings is 3. The summed E-state index contributed by atoms with van der Waals surface area (Å²) in [4.78, 5) is 28.3. The number of anilines is 1. The highest BCUT2D eigenvalue weighted by molar-refractivity contribution is 7.92. The Morgan fingerprint density at radius 2 is 1.50 bits per heavy atom. The Bertz CT molecular complexity index is 1300. The predicted molar refractivity (Wildman–Crippen MR) is 146 cm³/mol. The lowest BCUT2D eigenvalue weighted by atomic mass is 10.1. The first kappa shape index (κ1) is 28.8. The summed E-state index contributed by atoms with van der Waals surface area (Å²) in [6.45, 7) is 3.70. The number of para-hydroxylation sites is 1. The van der Waals surface area contributed by atoms with E-state index in [1.54, 1.807) is 25.1 Å². The van der Waals surface area contributed by atoms with Crippen LogP contribution in [-0.2, 0) is 26.2 Å². The van der Waals surface area contributed by atoms with Gasteiger partial charge in [0.05, 0.1) is 10.6 Å². The van der Waals surface area contributed by atoms with Gasteiger partial charge in [0.1, 0.15) is 18.4 Å². The molecule has 202 valence electrons. The lowest BCUT2D eigenvalue weighted by Gasteiger charge is -2.33. The first-order valence-corrected chi connectivity index (χ1v) is 14.2. The van der Waals surface area contributed by atoms with E-state index in [1.165, 1.54) is 35.2 Å². The van der Waals surface area contributed by atoms with Crippen LogP contribution in [0.25, 0.3) is 0 Å². The topological polar surface area (TPSA) is 86.8 Å². The maximum absolute atomic E-state index is 14.9. The van der Waals surface area contributed by atoms with Gasteiger partial charge in [-0.3, -0.25) is 13.9 Å². The van der Waals surface area contributed by atoms with Crippen LogP contribution in [0.4, 0.5) is 10.1 Å². The number of nitrogens with one attached hydrogen (secondary N) is 1. The summed E-state index contributed by atoms with van der Waals surface area (Å²) < 4.78 is 43.0. The molecule has 7 nitrogen and oxygen atoms in total. The fourth-order valence-corrected chi connectivity index (χ4v) is 5.54. The van der Waals surface area contributed by atoms with Gasteiger partial charge in [-0.2, -0.15) is 0 Å². The number of unbranched alkanes of at least 4 members (excludes halogenated alkanes) is 1. The fourth-order valence-electron chi connectivity index (χ4n) is 4.09. The van der Waals surface area contributed by atoms with E-state index in [0.29, 0.717) is 13.0 Å². The molecule has 0 radical (unpaired) electrons. The van der Waals surface area contributed by atoms with Crippen LogP contribution in [0, 0.1) is 5.82 Å². The smallest absolute Gasteiger partial charge is 0.264 e. The summed E-state index contributed by atoms with van der Waals surface area (Å²) in [5, 5.41) is 2.88. The molecule has 0 bridgehead atoms. The number of amides is 2. The normalized spacial score (nSPS) is 12.0. The molecule has 38 heavy (non-hydrogen) atoms. The molecule has 0 aromatic heterocycles. The lowest BCUT2D eigenvalue weighted by molar-refractivity contribution is -0.140. The SMILES string of the molecule is CCCCNC(=O)[C@@H](CC)N(Cc1ccccc1)C(=O)CN(c1ccccc1F)S(=O)(=O)c1ccccc1. The maximum atomic E-state index is 14.9. The molecule has 0 saturated carbocycles. The lowest BCUT2D eigenvalue weighted by Crippen LogP contribution is -2.52. The Labute approximate surface area is 224 Å². The van der Waals surface area contributed by atoms with E-state index in [9.17, 15) is 22.4 Å². The second kappa shape index (κ2) is 13.7. The van der Waals surface area contributed by atoms with Crippen LogP contribution in [-0.4, -0.2) is 44.3 Å². The number of carbonyl (C=O) groups excluding carboxylic acids is 2. The van der Waals surface area contributed by atoms with E-state index in [1.807, 2.05) is 37.3 Å². The van der Waals surface area contributed by atoms with Crippen LogP contribution in [0.15, 0.2) is 89.8 Å². The third kappa shape index (κ3) is 7.19. The molecular formula is C29H34FN3O4S. The number of hydrogen-bond acceptors (Lipinski definition) is 4. The van der Waals surface area contributed by atoms with Crippen molar-refractivity contribution in [2.75, 3.05) is 17.4 Å². The quantitative estimate of drug-likeness (QED) is 0.318. The minimum Gasteiger partial charge on any atom is -0.354 e. The second-order valence-corrected chi connectivity index (χ2v) is 10.7. The Hall–Kier alpha value is -3.72. The zero-order valence-electron chi connectivity index (χ0n) is 21.7. The van der Waals surface area contributed by atoms with E-state index in [-0.39, 0.29) is 23.0 Å². The van der Waals surface area contributed by atoms with Crippen molar-refractivity contribution in [1.29, 1.82) is 0 Å². The van der Waals surface area contributed by atoms with Crippen molar-refractivity contribution in [2.24, 2.45) is 0 Å². The zero-order valence-corrected chi connectivity index (χ0v) is 22.5. The van der Waals surface area contributed by atoms with Crippen molar-refractivity contribution in [3.8, 4) is 0 Å². The van der Waals surface area contributed by atoms with Gasteiger partial charge >= 0.3 is 0 Å². The van der Waals surface area contributed by atoms with Gasteiger partial charge in [0.25, 0.3) is 10.0 Å². The Balaban J connectivity index is 2.02. The van der Waals surface area contributed by atoms with Gasteiger partial charge in [0, 0.05) is 13.1 Å². The van der Waals surface area contributed by atoms with Gasteiger partial charge in [-0.15, -0.1) is 0 Å². The van der Waals surface area contributed by atoms with Gasteiger partial charge in [-0.25, -0.2) is 12.8 Å². The molecule has 3 rings (SSSR count). The van der Waals surface area contributed by atoms with E-state index in [2.05, 4.69) is 5.32 Å². The molecule has 0 heterocycles. The van der Waals surface area contributed by atoms with Crippen molar-refractivity contribution in [2.45, 2.75) is 50.6 Å². The molecule has 0 aliphatic heterocycles. The van der Waals surface area contributed by atoms with E-state index < -0.39 is 34.3 Å². The highest BCUT2D eigenvalue weighted by Crippen LogP contribution is 2.27. The summed E-state index contributed by atoms with van der Waals surface area (Å²) in [6, 6.07) is 21.3. The number of hydrogen-bond donors (Lipinski definition) is 1. The molecule has 2 amide bonds. The summed E-state index contributed by atoms with van der Waals surface area (Å²) in [5.74, 6) is -1.71. The third-order valence-corrected chi connectivity index (χ3v) is 7.92. The summed E-state index contributed by atoms with van der Waals surface area (Å²) in [7, 11) is -4.30. The average Bonchev–Trinajstić information content (AvgIpc) is 2.93. The minimum absolute atomic E-state index is 0.0741. The van der Waals surface area contributed by atoms with Crippen molar-refractivity contribution < 1.29 is 22.4 Å². The van der Waals surface area contributed by atoms with Gasteiger partial charge in [-0.05, 0) is 42.7 Å². The zero-order chi connectivity index (χ0) is 27.5. The van der Waals surface area contributed by atoms with Crippen molar-refractivity contribution >= 4 is 27.5 Å². The molecule has 0 unspecified atom stereocenters. The number of nitrogens with zero attached hydrogens (tertiary/aromatic N) is 2. The summed E-state index contributed by atoms with van der Waals surface area (Å²) in [5.41, 5.74) is 0.536. The van der Waals surface area contributed by atoms with Crippen molar-refractivity contribution in [3.05, 3.63) is 96.3 Å². The predicted octanol–water partition coefficient (Wildman–Crippen LogP) is 4.74. The van der Waals surface area contributed by atoms with Crippen LogP contribution in [0.2, 0.25) is 0 Å². The van der Waals surface area contributed by atoms with Gasteiger partial charge < -0.3 is 10.2 Å². The van der Waals surface area contributed by atoms with Crippen molar-refractivity contribution in [3.63, 3.8) is 0 Å². The van der Waals surface area contributed by atoms with Crippen molar-refractivity contribution in [1.82, 2.24) is 10.2 Å². The third-order valence-electron chi connectivity index (χ3n) is 6.14. The monoisotopic (exact) mass is 539 g/mol. The minimum atomic E-state index is -4.30. The highest BCUT2D eigenvalue weighted by atomic mass is 32.2. The summed E-state index contributed by atoms with van der Waals surface area (Å²) in [6.07, 6.45) is 2.02. The molecular weight excluding hydrogens is 505 g/mol. The molecule has 1 atom stereocenters. The molecule has 0 aliphatic rings. The maximum Gasteiger partial charge on any atom is 0.264 e. The Kier molecular flexibility index (Phi) is 10.4. The Morgan fingerprint density at radius 1 is 0.895 bits per heavy atom. The van der Waals surface area contributed by atoms with Crippen LogP contribution in [0.1, 0.15) is 38.7 Å². The van der Waals surface area contributed by atoms with E-state index in [4.69, 9.17) is 0 Å². The largest absolute Gasteiger partial charge is 0.354 e. The molecule has 1 N–H and O–H groups in total. The number of sulfonamides is 1. The first-order chi connectivity index (χ1) is 18.3. The van der Waals surface area contributed by atoms with Crippen LogP contribution in [0.3, 0.4) is 0 Å². The van der Waals surface area contributed by atoms with Gasteiger partial charge in [0.2, 0.25) is 11.8 Å². The molecule has 3 aromatic carbocycles. The average molecular weight is 540 g/mol. The first-order valence-electron chi connectivity index (χ1n) is 12.7. The van der Waals surface area contributed by atoms with E-state index >= 15 is 0 Å². The number of rotatable bonds is 13. The van der Waals surface area contributed by atoms with Gasteiger partial charge in [0.15, 0.2) is 0 Å². The summed E-state index contributed by atoms with van der Waals surface area (Å²) >= 11 is 0. The molecule has 0 aliphatic carbocycles. The number of carbonyl (C=O) groups is 2. The van der Waals surface area contributed by atoms with Crippen LogP contribution in [0.5, 0.6) is 0 Å². The highest BCUT2D eigenvalue weighted by Gasteiger charge is 2.34. The molecule has 3 aromatic rings.